The molecule has 1 fully saturated rings. The minimum Gasteiger partial charge on any atom is -0.375 e. The Morgan fingerprint density at radius 1 is 1.43 bits per heavy atom. The number of anilines is 1. The predicted octanol–water partition coefficient (Wildman–Crippen LogP) is 2.03. The molecule has 1 aromatic rings. The maximum absolute atomic E-state index is 5.74. The molecule has 2 aliphatic heterocycles. The lowest BCUT2D eigenvalue weighted by Crippen LogP contribution is -2.49. The number of rotatable bonds is 1. The van der Waals surface area contributed by atoms with Crippen LogP contribution in [0.5, 0.6) is 0 Å². The van der Waals surface area contributed by atoms with Gasteiger partial charge in [-0.05, 0) is 27.2 Å². The fourth-order valence-corrected chi connectivity index (χ4v) is 2.78. The van der Waals surface area contributed by atoms with E-state index in [0.29, 0.717) is 12.6 Å². The van der Waals surface area contributed by atoms with Crippen LogP contribution in [-0.2, 0) is 16.8 Å². The highest BCUT2D eigenvalue weighted by atomic mass is 16.5. The van der Waals surface area contributed by atoms with E-state index < -0.39 is 0 Å². The van der Waals surface area contributed by atoms with Crippen molar-refractivity contribution in [3.05, 3.63) is 11.8 Å². The van der Waals surface area contributed by atoms with Crippen molar-refractivity contribution in [1.29, 1.82) is 0 Å². The summed E-state index contributed by atoms with van der Waals surface area (Å²) in [6, 6.07) is 0. The molecule has 6 nitrogen and oxygen atoms in total. The fraction of sp³-hybridized carbons (Fsp3) is 0.733. The van der Waals surface area contributed by atoms with Gasteiger partial charge in [0.25, 0.3) is 0 Å². The second kappa shape index (κ2) is 5.33. The van der Waals surface area contributed by atoms with Gasteiger partial charge in [-0.25, -0.2) is 9.67 Å². The number of fused-ring (bicyclic) bond motifs is 1. The molecule has 6 heteroatoms. The number of nitrogens with one attached hydrogen (secondary N) is 1. The third-order valence-corrected chi connectivity index (χ3v) is 4.00. The molecule has 1 N–H and O–H groups in total. The number of hydrogen-bond donors (Lipinski definition) is 1. The summed E-state index contributed by atoms with van der Waals surface area (Å²) in [5.41, 5.74) is 1.12. The summed E-state index contributed by atoms with van der Waals surface area (Å²) < 4.78 is 7.79. The zero-order chi connectivity index (χ0) is 15.0. The quantitative estimate of drug-likeness (QED) is 0.860. The van der Waals surface area contributed by atoms with Crippen molar-refractivity contribution in [3.63, 3.8) is 0 Å². The minimum atomic E-state index is -0.0417. The normalized spacial score (nSPS) is 22.6. The molecule has 0 bridgehead atoms. The van der Waals surface area contributed by atoms with Crippen molar-refractivity contribution < 1.29 is 4.74 Å². The van der Waals surface area contributed by atoms with E-state index in [4.69, 9.17) is 4.74 Å². The van der Waals surface area contributed by atoms with E-state index in [9.17, 15) is 0 Å². The van der Waals surface area contributed by atoms with Crippen LogP contribution in [0.4, 0.5) is 5.82 Å². The van der Waals surface area contributed by atoms with Gasteiger partial charge < -0.3 is 15.0 Å². The summed E-state index contributed by atoms with van der Waals surface area (Å²) in [6.45, 7) is 11.9. The maximum Gasteiger partial charge on any atom is 0.200 e. The van der Waals surface area contributed by atoms with Crippen LogP contribution < -0.4 is 5.32 Å². The van der Waals surface area contributed by atoms with Crippen LogP contribution in [0.2, 0.25) is 0 Å². The van der Waals surface area contributed by atoms with Gasteiger partial charge in [0.05, 0.1) is 31.0 Å². The lowest BCUT2D eigenvalue weighted by atomic mass is 10.1. The molecule has 3 rings (SSSR count). The van der Waals surface area contributed by atoms with E-state index in [0.717, 1.165) is 43.5 Å². The summed E-state index contributed by atoms with van der Waals surface area (Å²) in [7, 11) is 0. The molecular formula is C15H25N5O. The van der Waals surface area contributed by atoms with E-state index in [1.165, 1.54) is 0 Å². The van der Waals surface area contributed by atoms with Gasteiger partial charge in [-0.3, -0.25) is 0 Å². The summed E-state index contributed by atoms with van der Waals surface area (Å²) in [6.07, 6.45) is 3.26. The zero-order valence-electron chi connectivity index (χ0n) is 13.4. The molecule has 1 saturated heterocycles. The van der Waals surface area contributed by atoms with Crippen LogP contribution in [0.15, 0.2) is 11.2 Å². The summed E-state index contributed by atoms with van der Waals surface area (Å²) in [5.74, 6) is 2.03. The number of aromatic nitrogens is 2. The number of morpholine rings is 1. The van der Waals surface area contributed by atoms with Crippen LogP contribution in [-0.4, -0.2) is 46.4 Å². The van der Waals surface area contributed by atoms with E-state index in [-0.39, 0.29) is 5.54 Å². The number of ether oxygens (including phenoxy) is 1. The third kappa shape index (κ3) is 2.77. The lowest BCUT2D eigenvalue weighted by molar-refractivity contribution is -0.00715. The van der Waals surface area contributed by atoms with Gasteiger partial charge in [-0.1, -0.05) is 6.92 Å². The second-order valence-corrected chi connectivity index (χ2v) is 6.71. The first-order valence-corrected chi connectivity index (χ1v) is 7.74. The van der Waals surface area contributed by atoms with Gasteiger partial charge in [0.1, 0.15) is 5.82 Å². The highest BCUT2D eigenvalue weighted by molar-refractivity contribution is 5.95. The van der Waals surface area contributed by atoms with E-state index in [2.05, 4.69) is 52.7 Å². The first-order valence-electron chi connectivity index (χ1n) is 7.74. The monoisotopic (exact) mass is 291 g/mol. The number of guanidine groups is 1. The minimum absolute atomic E-state index is 0.0417. The highest BCUT2D eigenvalue weighted by Gasteiger charge is 2.28. The van der Waals surface area contributed by atoms with Crippen molar-refractivity contribution in [2.24, 2.45) is 4.99 Å². The van der Waals surface area contributed by atoms with Gasteiger partial charge in [0.2, 0.25) is 0 Å². The van der Waals surface area contributed by atoms with Crippen LogP contribution in [0.1, 0.15) is 39.7 Å². The molecular weight excluding hydrogens is 266 g/mol. The topological polar surface area (TPSA) is 54.7 Å². The fourth-order valence-electron chi connectivity index (χ4n) is 2.78. The van der Waals surface area contributed by atoms with E-state index in [1.54, 1.807) is 0 Å². The van der Waals surface area contributed by atoms with Crippen molar-refractivity contribution in [2.75, 3.05) is 25.0 Å². The Morgan fingerprint density at radius 2 is 2.24 bits per heavy atom. The van der Waals surface area contributed by atoms with Crippen molar-refractivity contribution in [1.82, 2.24) is 14.7 Å². The van der Waals surface area contributed by atoms with Crippen molar-refractivity contribution in [3.8, 4) is 0 Å². The molecule has 0 aliphatic carbocycles. The molecule has 0 saturated carbocycles. The Kier molecular flexibility index (Phi) is 3.65. The Morgan fingerprint density at radius 3 is 2.95 bits per heavy atom. The first kappa shape index (κ1) is 14.4. The van der Waals surface area contributed by atoms with Crippen LogP contribution >= 0.6 is 0 Å². The molecule has 0 spiro atoms. The molecule has 2 aliphatic rings. The van der Waals surface area contributed by atoms with Gasteiger partial charge in [-0.15, -0.1) is 0 Å². The number of hydrogen-bond acceptors (Lipinski definition) is 5. The average Bonchev–Trinajstić information content (AvgIpc) is 2.90. The largest absolute Gasteiger partial charge is 0.375 e. The Bertz CT molecular complexity index is 543. The van der Waals surface area contributed by atoms with Gasteiger partial charge >= 0.3 is 0 Å². The SMILES string of the molecule is CC[C@H]1CN(C2=NCc3cnn(C(C)(C)C)c3N2)CCO1. The molecule has 116 valence electrons. The summed E-state index contributed by atoms with van der Waals surface area (Å²) >= 11 is 0. The number of aliphatic imine (C=N–C) groups is 1. The Balaban J connectivity index is 1.79. The molecule has 3 heterocycles. The van der Waals surface area contributed by atoms with Crippen molar-refractivity contribution >= 4 is 11.8 Å². The maximum atomic E-state index is 5.74. The third-order valence-electron chi connectivity index (χ3n) is 4.00. The van der Waals surface area contributed by atoms with Gasteiger partial charge in [-0.2, -0.15) is 5.10 Å². The Labute approximate surface area is 126 Å². The second-order valence-electron chi connectivity index (χ2n) is 6.71. The molecule has 1 aromatic heterocycles. The molecule has 21 heavy (non-hydrogen) atoms. The standard InChI is InChI=1S/C15H25N5O/c1-5-12-10-19(6-7-21-12)14-16-8-11-9-17-20(13(11)18-14)15(2,3)4/h9,12H,5-8,10H2,1-4H3,(H,16,18)/t12-/m0/s1. The van der Waals surface area contributed by atoms with E-state index in [1.807, 2.05) is 6.20 Å². The first-order chi connectivity index (χ1) is 9.99. The Hall–Kier alpha value is -1.56. The predicted molar refractivity (Wildman–Crippen MR) is 83.6 cm³/mol. The average molecular weight is 291 g/mol. The van der Waals surface area contributed by atoms with Gasteiger partial charge in [0.15, 0.2) is 5.96 Å². The zero-order valence-corrected chi connectivity index (χ0v) is 13.4. The van der Waals surface area contributed by atoms with Gasteiger partial charge in [0, 0.05) is 18.7 Å². The van der Waals surface area contributed by atoms with Crippen LogP contribution in [0, 0.1) is 0 Å². The summed E-state index contributed by atoms with van der Waals surface area (Å²) in [4.78, 5) is 6.97. The molecule has 0 unspecified atom stereocenters. The number of nitrogens with zero attached hydrogens (tertiary/aromatic N) is 4. The van der Waals surface area contributed by atoms with E-state index >= 15 is 0 Å². The molecule has 0 radical (unpaired) electrons. The van der Waals surface area contributed by atoms with Crippen LogP contribution in [0.3, 0.4) is 0 Å². The lowest BCUT2D eigenvalue weighted by Gasteiger charge is -2.36. The molecule has 0 amide bonds. The smallest absolute Gasteiger partial charge is 0.200 e. The highest BCUT2D eigenvalue weighted by Crippen LogP contribution is 2.27. The van der Waals surface area contributed by atoms with Crippen LogP contribution in [0.25, 0.3) is 0 Å². The molecule has 0 aromatic carbocycles. The molecule has 1 atom stereocenters. The summed E-state index contributed by atoms with van der Waals surface area (Å²) in [5, 5.41) is 8.00. The van der Waals surface area contributed by atoms with Crippen molar-refractivity contribution in [2.45, 2.75) is 52.3 Å².